The molecule has 3 rings (SSSR count). The Morgan fingerprint density at radius 3 is 2.48 bits per heavy atom. The zero-order chi connectivity index (χ0) is 14.7. The molecule has 0 bridgehead atoms. The van der Waals surface area contributed by atoms with Crippen LogP contribution in [0.15, 0.2) is 70.6 Å². The second-order valence-electron chi connectivity index (χ2n) is 4.64. The molecule has 1 aromatic heterocycles. The molecule has 0 amide bonds. The molecule has 0 saturated heterocycles. The fourth-order valence-electron chi connectivity index (χ4n) is 1.97. The van der Waals surface area contributed by atoms with Crippen LogP contribution in [0.1, 0.15) is 5.56 Å². The van der Waals surface area contributed by atoms with Crippen molar-refractivity contribution in [2.75, 3.05) is 0 Å². The largest absolute Gasteiger partial charge is 0.221 e. The highest BCUT2D eigenvalue weighted by atomic mass is 35.5. The van der Waals surface area contributed by atoms with Gasteiger partial charge in [-0.1, -0.05) is 71.4 Å². The van der Waals surface area contributed by atoms with Crippen molar-refractivity contribution in [3.63, 3.8) is 0 Å². The lowest BCUT2D eigenvalue weighted by Gasteiger charge is -2.05. The van der Waals surface area contributed by atoms with Crippen molar-refractivity contribution in [3.8, 4) is 11.4 Å². The molecule has 0 radical (unpaired) electrons. The number of hydrogen-bond acceptors (Lipinski definition) is 3. The predicted octanol–water partition coefficient (Wildman–Crippen LogP) is 5.26. The molecule has 104 valence electrons. The molecule has 1 heterocycles. The van der Waals surface area contributed by atoms with Gasteiger partial charge in [0.05, 0.1) is 0 Å². The monoisotopic (exact) mass is 312 g/mol. The van der Waals surface area contributed by atoms with Gasteiger partial charge in [-0.2, -0.15) is 0 Å². The van der Waals surface area contributed by atoms with E-state index in [1.54, 1.807) is 17.8 Å². The average Bonchev–Trinajstić information content (AvgIpc) is 2.47. The number of aromatic nitrogens is 2. The molecule has 0 unspecified atom stereocenters. The summed E-state index contributed by atoms with van der Waals surface area (Å²) in [4.78, 5) is 10.0. The second kappa shape index (κ2) is 6.29. The SMILES string of the molecule is Cc1cccc(Sc2cc(Cl)nc(-c3ccccc3)n2)c1. The molecular weight excluding hydrogens is 300 g/mol. The Labute approximate surface area is 133 Å². The number of hydrogen-bond donors (Lipinski definition) is 0. The first-order chi connectivity index (χ1) is 10.2. The maximum atomic E-state index is 6.13. The summed E-state index contributed by atoms with van der Waals surface area (Å²) in [7, 11) is 0. The lowest BCUT2D eigenvalue weighted by molar-refractivity contribution is 1.06. The zero-order valence-corrected chi connectivity index (χ0v) is 13.0. The number of aryl methyl sites for hydroxylation is 1. The third-order valence-electron chi connectivity index (χ3n) is 2.92. The number of benzene rings is 2. The van der Waals surface area contributed by atoms with Gasteiger partial charge < -0.3 is 0 Å². The van der Waals surface area contributed by atoms with Gasteiger partial charge in [-0.15, -0.1) is 0 Å². The fraction of sp³-hybridized carbons (Fsp3) is 0.0588. The van der Waals surface area contributed by atoms with Gasteiger partial charge in [0.25, 0.3) is 0 Å². The molecule has 0 N–H and O–H groups in total. The van der Waals surface area contributed by atoms with Crippen LogP contribution < -0.4 is 0 Å². The standard InChI is InChI=1S/C17H13ClN2S/c1-12-6-5-9-14(10-12)21-16-11-15(18)19-17(20-16)13-7-3-2-4-8-13/h2-11H,1H3. The van der Waals surface area contributed by atoms with E-state index in [0.29, 0.717) is 11.0 Å². The van der Waals surface area contributed by atoms with Crippen molar-refractivity contribution >= 4 is 23.4 Å². The van der Waals surface area contributed by atoms with Gasteiger partial charge in [0.2, 0.25) is 0 Å². The maximum Gasteiger partial charge on any atom is 0.162 e. The van der Waals surface area contributed by atoms with E-state index in [0.717, 1.165) is 15.5 Å². The summed E-state index contributed by atoms with van der Waals surface area (Å²) in [6, 6.07) is 20.0. The molecular formula is C17H13ClN2S. The normalized spacial score (nSPS) is 10.6. The molecule has 0 aliphatic carbocycles. The third kappa shape index (κ3) is 3.63. The third-order valence-corrected chi connectivity index (χ3v) is 4.02. The summed E-state index contributed by atoms with van der Waals surface area (Å²) in [5.41, 5.74) is 2.19. The fourth-order valence-corrected chi connectivity index (χ4v) is 3.15. The Hall–Kier alpha value is -1.84. The summed E-state index contributed by atoms with van der Waals surface area (Å²) in [6.45, 7) is 2.08. The Kier molecular flexibility index (Phi) is 4.23. The molecule has 0 spiro atoms. The van der Waals surface area contributed by atoms with Crippen molar-refractivity contribution < 1.29 is 0 Å². The molecule has 0 aliphatic heterocycles. The average molecular weight is 313 g/mol. The quantitative estimate of drug-likeness (QED) is 0.617. The summed E-state index contributed by atoms with van der Waals surface area (Å²) >= 11 is 7.72. The van der Waals surface area contributed by atoms with Crippen LogP contribution in [0.5, 0.6) is 0 Å². The van der Waals surface area contributed by atoms with E-state index in [-0.39, 0.29) is 0 Å². The van der Waals surface area contributed by atoms with Crippen molar-refractivity contribution in [1.82, 2.24) is 9.97 Å². The van der Waals surface area contributed by atoms with Gasteiger partial charge >= 0.3 is 0 Å². The first-order valence-electron chi connectivity index (χ1n) is 6.55. The first kappa shape index (κ1) is 14.1. The highest BCUT2D eigenvalue weighted by Gasteiger charge is 2.07. The zero-order valence-electron chi connectivity index (χ0n) is 11.5. The molecule has 2 aromatic carbocycles. The van der Waals surface area contributed by atoms with Gasteiger partial charge in [0, 0.05) is 16.5 Å². The molecule has 0 saturated carbocycles. The van der Waals surface area contributed by atoms with Crippen molar-refractivity contribution in [2.45, 2.75) is 16.8 Å². The summed E-state index contributed by atoms with van der Waals surface area (Å²) in [5.74, 6) is 0.651. The van der Waals surface area contributed by atoms with Gasteiger partial charge in [0.15, 0.2) is 5.82 Å². The van der Waals surface area contributed by atoms with Crippen molar-refractivity contribution in [3.05, 3.63) is 71.4 Å². The highest BCUT2D eigenvalue weighted by Crippen LogP contribution is 2.29. The predicted molar refractivity (Wildman–Crippen MR) is 87.8 cm³/mol. The van der Waals surface area contributed by atoms with Gasteiger partial charge in [-0.05, 0) is 19.1 Å². The number of halogens is 1. The molecule has 0 atom stereocenters. The summed E-state index contributed by atoms with van der Waals surface area (Å²) in [6.07, 6.45) is 0. The molecule has 21 heavy (non-hydrogen) atoms. The Morgan fingerprint density at radius 1 is 0.905 bits per heavy atom. The van der Waals surface area contributed by atoms with Crippen molar-refractivity contribution in [1.29, 1.82) is 0 Å². The van der Waals surface area contributed by atoms with E-state index in [2.05, 4.69) is 35.1 Å². The number of nitrogens with zero attached hydrogens (tertiary/aromatic N) is 2. The van der Waals surface area contributed by atoms with E-state index in [1.165, 1.54) is 5.56 Å². The van der Waals surface area contributed by atoms with Gasteiger partial charge in [-0.3, -0.25) is 0 Å². The lowest BCUT2D eigenvalue weighted by Crippen LogP contribution is -1.91. The van der Waals surface area contributed by atoms with E-state index in [1.807, 2.05) is 36.4 Å². The van der Waals surface area contributed by atoms with Crippen molar-refractivity contribution in [2.24, 2.45) is 0 Å². The smallest absolute Gasteiger partial charge is 0.162 e. The van der Waals surface area contributed by atoms with Crippen LogP contribution in [0.2, 0.25) is 5.15 Å². The Morgan fingerprint density at radius 2 is 1.71 bits per heavy atom. The molecule has 0 aliphatic rings. The lowest BCUT2D eigenvalue weighted by atomic mass is 10.2. The van der Waals surface area contributed by atoms with E-state index >= 15 is 0 Å². The van der Waals surface area contributed by atoms with E-state index in [4.69, 9.17) is 11.6 Å². The molecule has 0 fully saturated rings. The van der Waals surface area contributed by atoms with Crippen LogP contribution in [0, 0.1) is 6.92 Å². The van der Waals surface area contributed by atoms with Crippen LogP contribution in [0.4, 0.5) is 0 Å². The van der Waals surface area contributed by atoms with Crippen LogP contribution in [0.25, 0.3) is 11.4 Å². The van der Waals surface area contributed by atoms with Gasteiger partial charge in [-0.25, -0.2) is 9.97 Å². The van der Waals surface area contributed by atoms with Crippen LogP contribution in [-0.2, 0) is 0 Å². The van der Waals surface area contributed by atoms with Crippen LogP contribution >= 0.6 is 23.4 Å². The Bertz CT molecular complexity index is 760. The molecule has 3 aromatic rings. The Balaban J connectivity index is 1.95. The summed E-state index contributed by atoms with van der Waals surface area (Å²) < 4.78 is 0. The van der Waals surface area contributed by atoms with Gasteiger partial charge in [0.1, 0.15) is 10.2 Å². The second-order valence-corrected chi connectivity index (χ2v) is 6.12. The topological polar surface area (TPSA) is 25.8 Å². The van der Waals surface area contributed by atoms with Crippen LogP contribution in [0.3, 0.4) is 0 Å². The van der Waals surface area contributed by atoms with E-state index in [9.17, 15) is 0 Å². The first-order valence-corrected chi connectivity index (χ1v) is 7.75. The minimum absolute atomic E-state index is 0.457. The van der Waals surface area contributed by atoms with E-state index < -0.39 is 0 Å². The molecule has 2 nitrogen and oxygen atoms in total. The highest BCUT2D eigenvalue weighted by molar-refractivity contribution is 7.99. The number of rotatable bonds is 3. The molecule has 4 heteroatoms. The maximum absolute atomic E-state index is 6.13. The summed E-state index contributed by atoms with van der Waals surface area (Å²) in [5, 5.41) is 1.30. The minimum Gasteiger partial charge on any atom is -0.221 e. The minimum atomic E-state index is 0.457. The van der Waals surface area contributed by atoms with Crippen LogP contribution in [-0.4, -0.2) is 9.97 Å².